The molecule has 2 aromatic rings. The standard InChI is InChI=1S/C18H18FNO5/c1-9-10(2)25-11(3)17(9)18(23)24-8-16(22)14-6-5-13(7-15(14)19)20-12(4)21/h5-7H,8H2,1-4H3,(H,20,21). The largest absolute Gasteiger partial charge is 0.465 e. The number of aryl methyl sites for hydroxylation is 2. The zero-order valence-corrected chi connectivity index (χ0v) is 14.4. The number of halogens is 1. The van der Waals surface area contributed by atoms with Crippen molar-refractivity contribution in [2.45, 2.75) is 27.7 Å². The van der Waals surface area contributed by atoms with Crippen molar-refractivity contribution in [2.75, 3.05) is 11.9 Å². The second-order valence-electron chi connectivity index (χ2n) is 5.59. The van der Waals surface area contributed by atoms with E-state index >= 15 is 0 Å². The van der Waals surface area contributed by atoms with Crippen LogP contribution < -0.4 is 5.32 Å². The van der Waals surface area contributed by atoms with Gasteiger partial charge >= 0.3 is 5.97 Å². The summed E-state index contributed by atoms with van der Waals surface area (Å²) in [5.41, 5.74) is 0.921. The zero-order valence-electron chi connectivity index (χ0n) is 14.4. The molecule has 0 atom stereocenters. The number of carbonyl (C=O) groups excluding carboxylic acids is 3. The number of hydrogen-bond acceptors (Lipinski definition) is 5. The summed E-state index contributed by atoms with van der Waals surface area (Å²) in [5.74, 6) is -1.55. The van der Waals surface area contributed by atoms with Gasteiger partial charge < -0.3 is 14.5 Å². The van der Waals surface area contributed by atoms with Gasteiger partial charge in [0.05, 0.1) is 5.56 Å². The Morgan fingerprint density at radius 2 is 1.84 bits per heavy atom. The average Bonchev–Trinajstić information content (AvgIpc) is 2.77. The Balaban J connectivity index is 2.07. The lowest BCUT2D eigenvalue weighted by Gasteiger charge is -2.07. The zero-order chi connectivity index (χ0) is 18.7. The molecule has 25 heavy (non-hydrogen) atoms. The molecule has 2 rings (SSSR count). The number of esters is 1. The summed E-state index contributed by atoms with van der Waals surface area (Å²) in [5, 5.41) is 2.41. The Morgan fingerprint density at radius 3 is 2.36 bits per heavy atom. The van der Waals surface area contributed by atoms with E-state index in [-0.39, 0.29) is 22.7 Å². The quantitative estimate of drug-likeness (QED) is 0.662. The molecule has 7 heteroatoms. The third-order valence-electron chi connectivity index (χ3n) is 3.69. The van der Waals surface area contributed by atoms with Crippen molar-refractivity contribution < 1.29 is 27.9 Å². The van der Waals surface area contributed by atoms with E-state index < -0.39 is 24.2 Å². The molecule has 0 saturated heterocycles. The average molecular weight is 347 g/mol. The second-order valence-corrected chi connectivity index (χ2v) is 5.59. The molecule has 1 heterocycles. The Kier molecular flexibility index (Phi) is 5.36. The third kappa shape index (κ3) is 4.12. The van der Waals surface area contributed by atoms with Crippen molar-refractivity contribution >= 4 is 23.3 Å². The lowest BCUT2D eigenvalue weighted by molar-refractivity contribution is -0.114. The summed E-state index contributed by atoms with van der Waals surface area (Å²) in [4.78, 5) is 35.1. The van der Waals surface area contributed by atoms with Gasteiger partial charge in [-0.2, -0.15) is 0 Å². The van der Waals surface area contributed by atoms with Crippen LogP contribution in [-0.2, 0) is 9.53 Å². The summed E-state index contributed by atoms with van der Waals surface area (Å²) in [7, 11) is 0. The van der Waals surface area contributed by atoms with Gasteiger partial charge in [-0.3, -0.25) is 9.59 Å². The van der Waals surface area contributed by atoms with Crippen LogP contribution in [0, 0.1) is 26.6 Å². The third-order valence-corrected chi connectivity index (χ3v) is 3.69. The summed E-state index contributed by atoms with van der Waals surface area (Å²) in [6.45, 7) is 5.75. The molecule has 0 aliphatic heterocycles. The highest BCUT2D eigenvalue weighted by Gasteiger charge is 2.22. The molecule has 1 aromatic heterocycles. The molecule has 0 spiro atoms. The number of ether oxygens (including phenoxy) is 1. The molecule has 132 valence electrons. The molecule has 0 radical (unpaired) electrons. The van der Waals surface area contributed by atoms with Gasteiger partial charge in [0.2, 0.25) is 11.7 Å². The first-order chi connectivity index (χ1) is 11.7. The van der Waals surface area contributed by atoms with Crippen molar-refractivity contribution in [2.24, 2.45) is 0 Å². The van der Waals surface area contributed by atoms with Gasteiger partial charge in [0.25, 0.3) is 0 Å². The molecular weight excluding hydrogens is 329 g/mol. The lowest BCUT2D eigenvalue weighted by Crippen LogP contribution is -2.16. The minimum atomic E-state index is -0.807. The van der Waals surface area contributed by atoms with Crippen LogP contribution in [0.1, 0.15) is 44.7 Å². The number of carbonyl (C=O) groups is 3. The van der Waals surface area contributed by atoms with Crippen LogP contribution >= 0.6 is 0 Å². The van der Waals surface area contributed by atoms with E-state index in [4.69, 9.17) is 9.15 Å². The predicted octanol–water partition coefficient (Wildman–Crippen LogP) is 3.34. The monoisotopic (exact) mass is 347 g/mol. The molecule has 6 nitrogen and oxygen atoms in total. The van der Waals surface area contributed by atoms with Gasteiger partial charge in [0, 0.05) is 18.2 Å². The van der Waals surface area contributed by atoms with Crippen LogP contribution in [0.5, 0.6) is 0 Å². The maximum atomic E-state index is 14.0. The smallest absolute Gasteiger partial charge is 0.342 e. The Bertz CT molecular complexity index is 853. The lowest BCUT2D eigenvalue weighted by atomic mass is 10.1. The molecule has 0 saturated carbocycles. The molecular formula is C18H18FNO5. The van der Waals surface area contributed by atoms with E-state index in [0.717, 1.165) is 6.07 Å². The van der Waals surface area contributed by atoms with Crippen LogP contribution in [0.4, 0.5) is 10.1 Å². The highest BCUT2D eigenvalue weighted by Crippen LogP contribution is 2.22. The maximum absolute atomic E-state index is 14.0. The highest BCUT2D eigenvalue weighted by molar-refractivity contribution is 6.00. The van der Waals surface area contributed by atoms with Gasteiger partial charge in [0.1, 0.15) is 22.9 Å². The molecule has 0 aliphatic carbocycles. The van der Waals surface area contributed by atoms with E-state index in [1.807, 2.05) is 0 Å². The van der Waals surface area contributed by atoms with Crippen molar-refractivity contribution in [3.63, 3.8) is 0 Å². The van der Waals surface area contributed by atoms with Crippen LogP contribution in [0.2, 0.25) is 0 Å². The Hall–Kier alpha value is -2.96. The number of amides is 1. The van der Waals surface area contributed by atoms with Crippen LogP contribution in [0.3, 0.4) is 0 Å². The van der Waals surface area contributed by atoms with E-state index in [1.165, 1.54) is 19.1 Å². The van der Waals surface area contributed by atoms with E-state index in [2.05, 4.69) is 5.32 Å². The number of hydrogen-bond donors (Lipinski definition) is 1. The van der Waals surface area contributed by atoms with Crippen LogP contribution in [-0.4, -0.2) is 24.3 Å². The molecule has 1 aromatic carbocycles. The van der Waals surface area contributed by atoms with E-state index in [9.17, 15) is 18.8 Å². The fraction of sp³-hybridized carbons (Fsp3) is 0.278. The number of rotatable bonds is 5. The predicted molar refractivity (Wildman–Crippen MR) is 88.2 cm³/mol. The number of ketones is 1. The number of Topliss-reactive ketones (excluding diaryl/α,β-unsaturated/α-hetero) is 1. The first-order valence-electron chi connectivity index (χ1n) is 7.54. The van der Waals surface area contributed by atoms with Gasteiger partial charge in [0.15, 0.2) is 6.61 Å². The summed E-state index contributed by atoms with van der Waals surface area (Å²) < 4.78 is 24.3. The van der Waals surface area contributed by atoms with Crippen molar-refractivity contribution in [1.29, 1.82) is 0 Å². The fourth-order valence-corrected chi connectivity index (χ4v) is 2.40. The number of benzene rings is 1. The van der Waals surface area contributed by atoms with Crippen molar-refractivity contribution in [3.8, 4) is 0 Å². The topological polar surface area (TPSA) is 85.6 Å². The molecule has 1 amide bonds. The molecule has 1 N–H and O–H groups in total. The number of anilines is 1. The second kappa shape index (κ2) is 7.29. The fourth-order valence-electron chi connectivity index (χ4n) is 2.40. The highest BCUT2D eigenvalue weighted by atomic mass is 19.1. The molecule has 0 fully saturated rings. The molecule has 0 aliphatic rings. The molecule has 0 bridgehead atoms. The maximum Gasteiger partial charge on any atom is 0.342 e. The summed E-state index contributed by atoms with van der Waals surface area (Å²) in [6.07, 6.45) is 0. The van der Waals surface area contributed by atoms with Crippen molar-refractivity contribution in [1.82, 2.24) is 0 Å². The number of nitrogens with one attached hydrogen (secondary N) is 1. The summed E-state index contributed by atoms with van der Waals surface area (Å²) >= 11 is 0. The van der Waals surface area contributed by atoms with Gasteiger partial charge in [-0.05, 0) is 39.0 Å². The van der Waals surface area contributed by atoms with Crippen LogP contribution in [0.15, 0.2) is 22.6 Å². The van der Waals surface area contributed by atoms with Crippen molar-refractivity contribution in [3.05, 3.63) is 52.2 Å². The Morgan fingerprint density at radius 1 is 1.16 bits per heavy atom. The van der Waals surface area contributed by atoms with Gasteiger partial charge in [-0.25, -0.2) is 9.18 Å². The Labute approximate surface area is 144 Å². The van der Waals surface area contributed by atoms with E-state index in [0.29, 0.717) is 17.1 Å². The SMILES string of the molecule is CC(=O)Nc1ccc(C(=O)COC(=O)c2c(C)oc(C)c2C)c(F)c1. The first kappa shape index (κ1) is 18.4. The minimum absolute atomic E-state index is 0.223. The number of furan rings is 1. The van der Waals surface area contributed by atoms with Crippen LogP contribution in [0.25, 0.3) is 0 Å². The normalized spacial score (nSPS) is 10.4. The first-order valence-corrected chi connectivity index (χ1v) is 7.54. The summed E-state index contributed by atoms with van der Waals surface area (Å²) in [6, 6.07) is 3.66. The molecule has 0 unspecified atom stereocenters. The van der Waals surface area contributed by atoms with Gasteiger partial charge in [-0.1, -0.05) is 0 Å². The minimum Gasteiger partial charge on any atom is -0.465 e. The van der Waals surface area contributed by atoms with Gasteiger partial charge in [-0.15, -0.1) is 0 Å². The van der Waals surface area contributed by atoms with E-state index in [1.54, 1.807) is 20.8 Å².